The molecule has 4 aromatic rings. The number of aryl methyl sites for hydroxylation is 2. The Bertz CT molecular complexity index is 1250. The first-order valence-electron chi connectivity index (χ1n) is 10.5. The second-order valence-electron chi connectivity index (χ2n) is 7.43. The van der Waals surface area contributed by atoms with Gasteiger partial charge in [0.2, 0.25) is 0 Å². The Labute approximate surface area is 180 Å². The molecule has 0 bridgehead atoms. The summed E-state index contributed by atoms with van der Waals surface area (Å²) in [5.74, 6) is -0.249. The zero-order chi connectivity index (χ0) is 21.8. The van der Waals surface area contributed by atoms with Gasteiger partial charge in [-0.05, 0) is 49.1 Å². The molecule has 5 nitrogen and oxygen atoms in total. The molecule has 31 heavy (non-hydrogen) atoms. The van der Waals surface area contributed by atoms with Crippen molar-refractivity contribution in [2.45, 2.75) is 32.6 Å². The van der Waals surface area contributed by atoms with Gasteiger partial charge in [-0.25, -0.2) is 0 Å². The molecule has 3 aromatic carbocycles. The van der Waals surface area contributed by atoms with Crippen LogP contribution in [0.5, 0.6) is 5.75 Å². The molecule has 158 valence electrons. The van der Waals surface area contributed by atoms with Gasteiger partial charge in [-0.2, -0.15) is 0 Å². The van der Waals surface area contributed by atoms with E-state index in [9.17, 15) is 14.7 Å². The fourth-order valence-corrected chi connectivity index (χ4v) is 3.95. The Kier molecular flexibility index (Phi) is 6.03. The van der Waals surface area contributed by atoms with Gasteiger partial charge in [0, 0.05) is 22.8 Å². The molecule has 0 fully saturated rings. The Morgan fingerprint density at radius 1 is 0.871 bits per heavy atom. The Balaban J connectivity index is 1.74. The summed E-state index contributed by atoms with van der Waals surface area (Å²) >= 11 is 0. The minimum absolute atomic E-state index is 0.0394. The third-order valence-corrected chi connectivity index (χ3v) is 5.43. The maximum atomic E-state index is 13.3. The van der Waals surface area contributed by atoms with Crippen LogP contribution in [-0.2, 0) is 22.4 Å². The number of furan rings is 1. The van der Waals surface area contributed by atoms with Crippen LogP contribution in [0.25, 0.3) is 21.9 Å². The van der Waals surface area contributed by atoms with E-state index in [-0.39, 0.29) is 30.3 Å². The van der Waals surface area contributed by atoms with Crippen LogP contribution in [0.2, 0.25) is 0 Å². The van der Waals surface area contributed by atoms with E-state index in [2.05, 4.69) is 0 Å². The van der Waals surface area contributed by atoms with Crippen molar-refractivity contribution in [2.24, 2.45) is 0 Å². The van der Waals surface area contributed by atoms with E-state index in [4.69, 9.17) is 9.15 Å². The van der Waals surface area contributed by atoms with Gasteiger partial charge >= 0.3 is 5.97 Å². The van der Waals surface area contributed by atoms with Crippen molar-refractivity contribution < 1.29 is 23.8 Å². The van der Waals surface area contributed by atoms with Crippen molar-refractivity contribution in [1.82, 2.24) is 0 Å². The largest absolute Gasteiger partial charge is 0.508 e. The number of phenols is 1. The van der Waals surface area contributed by atoms with E-state index < -0.39 is 0 Å². The van der Waals surface area contributed by atoms with Crippen molar-refractivity contribution in [3.05, 3.63) is 77.4 Å². The second-order valence-corrected chi connectivity index (χ2v) is 7.43. The average Bonchev–Trinajstić information content (AvgIpc) is 3.15. The number of phenolic OH excluding ortho intramolecular Hbond substituents is 1. The van der Waals surface area contributed by atoms with Crippen LogP contribution in [0.15, 0.2) is 65.1 Å². The number of carbonyl (C=O) groups is 2. The molecule has 0 saturated carbocycles. The maximum absolute atomic E-state index is 13.3. The third-order valence-electron chi connectivity index (χ3n) is 5.43. The number of fused-ring (bicyclic) bond motifs is 3. The van der Waals surface area contributed by atoms with Crippen LogP contribution in [0.4, 0.5) is 0 Å². The summed E-state index contributed by atoms with van der Waals surface area (Å²) < 4.78 is 10.9. The summed E-state index contributed by atoms with van der Waals surface area (Å²) in [6.45, 7) is 2.04. The van der Waals surface area contributed by atoms with Gasteiger partial charge in [0.25, 0.3) is 0 Å². The molecule has 1 heterocycles. The Hall–Kier alpha value is -3.60. The summed E-state index contributed by atoms with van der Waals surface area (Å²) in [5.41, 5.74) is 3.64. The standard InChI is InChI=1S/C26H24O5/c1-2-30-24(29)16-14-21(28)25-18(12-11-17-7-3-5-9-20(17)27)13-15-23-26(25)19-8-4-6-10-22(19)31-23/h3-10,13,15,27H,2,11-12,14,16H2,1H3. The Morgan fingerprint density at radius 2 is 1.61 bits per heavy atom. The minimum atomic E-state index is -0.379. The molecule has 0 radical (unpaired) electrons. The number of carbonyl (C=O) groups excluding carboxylic acids is 2. The number of esters is 1. The first-order chi connectivity index (χ1) is 15.1. The van der Waals surface area contributed by atoms with E-state index >= 15 is 0 Å². The SMILES string of the molecule is CCOC(=O)CCC(=O)c1c(CCc2ccccc2O)ccc2oc3ccccc3c12. The molecule has 0 spiro atoms. The molecule has 0 unspecified atom stereocenters. The molecule has 1 aromatic heterocycles. The number of hydrogen-bond acceptors (Lipinski definition) is 5. The van der Waals surface area contributed by atoms with Crippen molar-refractivity contribution in [1.29, 1.82) is 0 Å². The van der Waals surface area contributed by atoms with Crippen LogP contribution in [0, 0.1) is 0 Å². The monoisotopic (exact) mass is 416 g/mol. The summed E-state index contributed by atoms with van der Waals surface area (Å²) in [7, 11) is 0. The molecule has 0 aliphatic rings. The number of aromatic hydroxyl groups is 1. The number of benzene rings is 3. The summed E-state index contributed by atoms with van der Waals surface area (Å²) in [5, 5.41) is 11.8. The number of hydrogen-bond donors (Lipinski definition) is 1. The number of rotatable bonds is 8. The number of Topliss-reactive ketones (excluding diaryl/α,β-unsaturated/α-hetero) is 1. The summed E-state index contributed by atoms with van der Waals surface area (Å²) in [6.07, 6.45) is 1.28. The van der Waals surface area contributed by atoms with Crippen LogP contribution in [0.3, 0.4) is 0 Å². The smallest absolute Gasteiger partial charge is 0.306 e. The van der Waals surface area contributed by atoms with Gasteiger partial charge < -0.3 is 14.3 Å². The van der Waals surface area contributed by atoms with Gasteiger partial charge in [0.1, 0.15) is 16.9 Å². The summed E-state index contributed by atoms with van der Waals surface area (Å²) in [4.78, 5) is 25.1. The lowest BCUT2D eigenvalue weighted by molar-refractivity contribution is -0.143. The first kappa shape index (κ1) is 20.7. The molecular weight excluding hydrogens is 392 g/mol. The molecule has 0 atom stereocenters. The van der Waals surface area contributed by atoms with Crippen LogP contribution in [0.1, 0.15) is 41.3 Å². The van der Waals surface area contributed by atoms with Crippen LogP contribution < -0.4 is 0 Å². The quantitative estimate of drug-likeness (QED) is 0.299. The van der Waals surface area contributed by atoms with Gasteiger partial charge in [0.15, 0.2) is 5.78 Å². The van der Waals surface area contributed by atoms with E-state index in [1.807, 2.05) is 48.5 Å². The van der Waals surface area contributed by atoms with E-state index in [1.165, 1.54) is 0 Å². The van der Waals surface area contributed by atoms with Gasteiger partial charge in [-0.1, -0.05) is 42.5 Å². The first-order valence-corrected chi connectivity index (χ1v) is 10.5. The minimum Gasteiger partial charge on any atom is -0.508 e. The van der Waals surface area contributed by atoms with Crippen molar-refractivity contribution in [3.8, 4) is 5.75 Å². The highest BCUT2D eigenvalue weighted by molar-refractivity contribution is 6.18. The zero-order valence-corrected chi connectivity index (χ0v) is 17.4. The molecule has 0 saturated heterocycles. The number of ether oxygens (including phenoxy) is 1. The summed E-state index contributed by atoms with van der Waals surface area (Å²) in [6, 6.07) is 18.6. The lowest BCUT2D eigenvalue weighted by atomic mass is 9.91. The lowest BCUT2D eigenvalue weighted by Gasteiger charge is -2.11. The van der Waals surface area contributed by atoms with Crippen molar-refractivity contribution in [3.63, 3.8) is 0 Å². The molecular formula is C26H24O5. The predicted molar refractivity (Wildman–Crippen MR) is 119 cm³/mol. The highest BCUT2D eigenvalue weighted by Gasteiger charge is 2.21. The highest BCUT2D eigenvalue weighted by atomic mass is 16.5. The van der Waals surface area contributed by atoms with Gasteiger partial charge in [-0.15, -0.1) is 0 Å². The normalized spacial score (nSPS) is 11.1. The van der Waals surface area contributed by atoms with Crippen molar-refractivity contribution >= 4 is 33.7 Å². The Morgan fingerprint density at radius 3 is 2.42 bits per heavy atom. The molecule has 0 amide bonds. The number of ketones is 1. The fraction of sp³-hybridized carbons (Fsp3) is 0.231. The highest BCUT2D eigenvalue weighted by Crippen LogP contribution is 2.34. The molecule has 5 heteroatoms. The van der Waals surface area contributed by atoms with Crippen LogP contribution >= 0.6 is 0 Å². The number of para-hydroxylation sites is 2. The second kappa shape index (κ2) is 9.04. The van der Waals surface area contributed by atoms with Crippen molar-refractivity contribution in [2.75, 3.05) is 6.61 Å². The van der Waals surface area contributed by atoms with E-state index in [0.717, 1.165) is 27.5 Å². The molecule has 0 aliphatic carbocycles. The van der Waals surface area contributed by atoms with Gasteiger partial charge in [0.05, 0.1) is 13.0 Å². The lowest BCUT2D eigenvalue weighted by Crippen LogP contribution is -2.10. The van der Waals surface area contributed by atoms with E-state index in [1.54, 1.807) is 19.1 Å². The van der Waals surface area contributed by atoms with Crippen LogP contribution in [-0.4, -0.2) is 23.5 Å². The predicted octanol–water partition coefficient (Wildman–Crippen LogP) is 5.60. The topological polar surface area (TPSA) is 76.7 Å². The molecule has 0 aliphatic heterocycles. The third kappa shape index (κ3) is 4.31. The zero-order valence-electron chi connectivity index (χ0n) is 17.4. The average molecular weight is 416 g/mol. The van der Waals surface area contributed by atoms with E-state index in [0.29, 0.717) is 30.6 Å². The molecule has 4 rings (SSSR count). The maximum Gasteiger partial charge on any atom is 0.306 e. The van der Waals surface area contributed by atoms with Gasteiger partial charge in [-0.3, -0.25) is 9.59 Å². The fourth-order valence-electron chi connectivity index (χ4n) is 3.95. The molecule has 1 N–H and O–H groups in total.